The average molecular weight is 225 g/mol. The SMILES string of the molecule is CCC1CCNC(C2(O)CCCCCC2)C1. The van der Waals surface area contributed by atoms with Gasteiger partial charge < -0.3 is 10.4 Å². The van der Waals surface area contributed by atoms with Crippen molar-refractivity contribution in [2.24, 2.45) is 5.92 Å². The van der Waals surface area contributed by atoms with Crippen molar-refractivity contribution in [1.82, 2.24) is 5.32 Å². The Hall–Kier alpha value is -0.0800. The summed E-state index contributed by atoms with van der Waals surface area (Å²) in [5, 5.41) is 14.4. The Morgan fingerprint density at radius 2 is 1.88 bits per heavy atom. The first-order chi connectivity index (χ1) is 7.74. The summed E-state index contributed by atoms with van der Waals surface area (Å²) in [7, 11) is 0. The van der Waals surface area contributed by atoms with Crippen molar-refractivity contribution >= 4 is 0 Å². The van der Waals surface area contributed by atoms with Crippen molar-refractivity contribution in [3.05, 3.63) is 0 Å². The highest BCUT2D eigenvalue weighted by Crippen LogP contribution is 2.34. The molecule has 0 radical (unpaired) electrons. The summed E-state index contributed by atoms with van der Waals surface area (Å²) in [4.78, 5) is 0. The van der Waals surface area contributed by atoms with Gasteiger partial charge in [0.25, 0.3) is 0 Å². The molecular formula is C14H27NO. The molecular weight excluding hydrogens is 198 g/mol. The number of hydrogen-bond donors (Lipinski definition) is 2. The second-order valence-corrected chi connectivity index (χ2v) is 5.82. The lowest BCUT2D eigenvalue weighted by atomic mass is 9.78. The van der Waals surface area contributed by atoms with Crippen LogP contribution in [0.15, 0.2) is 0 Å². The van der Waals surface area contributed by atoms with Crippen LogP contribution in [0.25, 0.3) is 0 Å². The third kappa shape index (κ3) is 2.78. The van der Waals surface area contributed by atoms with E-state index in [0.717, 1.165) is 25.3 Å². The molecule has 1 heterocycles. The van der Waals surface area contributed by atoms with Crippen LogP contribution in [0.4, 0.5) is 0 Å². The maximum Gasteiger partial charge on any atom is 0.0800 e. The fraction of sp³-hybridized carbons (Fsp3) is 1.00. The smallest absolute Gasteiger partial charge is 0.0800 e. The molecule has 0 aromatic carbocycles. The molecule has 2 heteroatoms. The lowest BCUT2D eigenvalue weighted by Crippen LogP contribution is -2.54. The van der Waals surface area contributed by atoms with Gasteiger partial charge in [0.15, 0.2) is 0 Å². The first-order valence-electron chi connectivity index (χ1n) is 7.20. The van der Waals surface area contributed by atoms with E-state index < -0.39 is 5.60 Å². The highest BCUT2D eigenvalue weighted by molar-refractivity contribution is 4.95. The van der Waals surface area contributed by atoms with Gasteiger partial charge in [0, 0.05) is 6.04 Å². The quantitative estimate of drug-likeness (QED) is 0.708. The summed E-state index contributed by atoms with van der Waals surface area (Å²) < 4.78 is 0. The van der Waals surface area contributed by atoms with E-state index in [2.05, 4.69) is 12.2 Å². The van der Waals surface area contributed by atoms with E-state index in [1.54, 1.807) is 0 Å². The van der Waals surface area contributed by atoms with Gasteiger partial charge >= 0.3 is 0 Å². The van der Waals surface area contributed by atoms with Crippen molar-refractivity contribution in [3.63, 3.8) is 0 Å². The summed E-state index contributed by atoms with van der Waals surface area (Å²) in [5.41, 5.74) is -0.398. The molecule has 2 unspecified atom stereocenters. The van der Waals surface area contributed by atoms with E-state index >= 15 is 0 Å². The van der Waals surface area contributed by atoms with Gasteiger partial charge in [-0.15, -0.1) is 0 Å². The van der Waals surface area contributed by atoms with Crippen LogP contribution in [0.2, 0.25) is 0 Å². The maximum absolute atomic E-state index is 10.8. The van der Waals surface area contributed by atoms with Crippen LogP contribution in [0.3, 0.4) is 0 Å². The van der Waals surface area contributed by atoms with Gasteiger partial charge in [-0.1, -0.05) is 39.0 Å². The lowest BCUT2D eigenvalue weighted by molar-refractivity contribution is -0.0274. The molecule has 2 N–H and O–H groups in total. The monoisotopic (exact) mass is 225 g/mol. The minimum Gasteiger partial charge on any atom is -0.388 e. The molecule has 0 bridgehead atoms. The normalized spacial score (nSPS) is 35.6. The third-order valence-corrected chi connectivity index (χ3v) is 4.71. The zero-order valence-corrected chi connectivity index (χ0v) is 10.7. The van der Waals surface area contributed by atoms with Crippen LogP contribution in [0.1, 0.15) is 64.7 Å². The number of piperidine rings is 1. The van der Waals surface area contributed by atoms with E-state index in [1.165, 1.54) is 44.9 Å². The Kier molecular flexibility index (Phi) is 4.26. The standard InChI is InChI=1S/C14H27NO/c1-2-12-7-10-15-13(11-12)14(16)8-5-3-4-6-9-14/h12-13,15-16H,2-11H2,1H3. The topological polar surface area (TPSA) is 32.3 Å². The van der Waals surface area contributed by atoms with Gasteiger partial charge in [-0.3, -0.25) is 0 Å². The van der Waals surface area contributed by atoms with Gasteiger partial charge in [0.1, 0.15) is 0 Å². The van der Waals surface area contributed by atoms with Crippen molar-refractivity contribution in [2.45, 2.75) is 76.4 Å². The van der Waals surface area contributed by atoms with E-state index in [1.807, 2.05) is 0 Å². The zero-order chi connectivity index (χ0) is 11.4. The van der Waals surface area contributed by atoms with E-state index in [-0.39, 0.29) is 0 Å². The molecule has 16 heavy (non-hydrogen) atoms. The van der Waals surface area contributed by atoms with E-state index in [4.69, 9.17) is 0 Å². The van der Waals surface area contributed by atoms with Crippen LogP contribution < -0.4 is 5.32 Å². The molecule has 0 spiro atoms. The van der Waals surface area contributed by atoms with Crippen LogP contribution in [-0.2, 0) is 0 Å². The van der Waals surface area contributed by atoms with Crippen LogP contribution in [0.5, 0.6) is 0 Å². The Labute approximate surface area is 99.8 Å². The first kappa shape index (κ1) is 12.4. The van der Waals surface area contributed by atoms with Crippen LogP contribution in [0, 0.1) is 5.92 Å². The molecule has 0 amide bonds. The molecule has 0 aromatic rings. The molecule has 1 aliphatic heterocycles. The number of rotatable bonds is 2. The number of hydrogen-bond acceptors (Lipinski definition) is 2. The number of aliphatic hydroxyl groups is 1. The van der Waals surface area contributed by atoms with Crippen LogP contribution in [-0.4, -0.2) is 23.3 Å². The second kappa shape index (κ2) is 5.50. The van der Waals surface area contributed by atoms with Crippen molar-refractivity contribution in [3.8, 4) is 0 Å². The van der Waals surface area contributed by atoms with Crippen LogP contribution >= 0.6 is 0 Å². The van der Waals surface area contributed by atoms with Gasteiger partial charge in [0.05, 0.1) is 5.60 Å². The molecule has 2 atom stereocenters. The van der Waals surface area contributed by atoms with Gasteiger partial charge in [-0.25, -0.2) is 0 Å². The summed E-state index contributed by atoms with van der Waals surface area (Å²) in [6.45, 7) is 3.38. The largest absolute Gasteiger partial charge is 0.388 e. The van der Waals surface area contributed by atoms with Gasteiger partial charge in [0.2, 0.25) is 0 Å². The fourth-order valence-corrected chi connectivity index (χ4v) is 3.47. The zero-order valence-electron chi connectivity index (χ0n) is 10.7. The number of nitrogens with one attached hydrogen (secondary N) is 1. The predicted octanol–water partition coefficient (Wildman–Crippen LogP) is 2.85. The molecule has 1 saturated heterocycles. The van der Waals surface area contributed by atoms with E-state index in [0.29, 0.717) is 6.04 Å². The van der Waals surface area contributed by atoms with E-state index in [9.17, 15) is 5.11 Å². The molecule has 1 aliphatic carbocycles. The minimum absolute atomic E-state index is 0.365. The fourth-order valence-electron chi connectivity index (χ4n) is 3.47. The van der Waals surface area contributed by atoms with Crippen molar-refractivity contribution in [2.75, 3.05) is 6.54 Å². The average Bonchev–Trinajstić information content (AvgIpc) is 2.55. The van der Waals surface area contributed by atoms with Gasteiger partial charge in [-0.2, -0.15) is 0 Å². The minimum atomic E-state index is -0.398. The van der Waals surface area contributed by atoms with Crippen molar-refractivity contribution in [1.29, 1.82) is 0 Å². The Morgan fingerprint density at radius 3 is 2.50 bits per heavy atom. The molecule has 2 rings (SSSR count). The summed E-state index contributed by atoms with van der Waals surface area (Å²) in [5.74, 6) is 0.832. The molecule has 2 fully saturated rings. The van der Waals surface area contributed by atoms with Gasteiger partial charge in [-0.05, 0) is 38.1 Å². The molecule has 1 saturated carbocycles. The summed E-state index contributed by atoms with van der Waals surface area (Å²) >= 11 is 0. The predicted molar refractivity (Wildman–Crippen MR) is 67.5 cm³/mol. The molecule has 0 aromatic heterocycles. The Morgan fingerprint density at radius 1 is 1.19 bits per heavy atom. The molecule has 2 aliphatic rings. The summed E-state index contributed by atoms with van der Waals surface area (Å²) in [6.07, 6.45) is 10.8. The molecule has 94 valence electrons. The Bertz CT molecular complexity index is 209. The third-order valence-electron chi connectivity index (χ3n) is 4.71. The second-order valence-electron chi connectivity index (χ2n) is 5.82. The van der Waals surface area contributed by atoms with Crippen molar-refractivity contribution < 1.29 is 5.11 Å². The Balaban J connectivity index is 1.97. The molecule has 2 nitrogen and oxygen atoms in total. The highest BCUT2D eigenvalue weighted by atomic mass is 16.3. The first-order valence-corrected chi connectivity index (χ1v) is 7.20. The lowest BCUT2D eigenvalue weighted by Gasteiger charge is -2.41. The maximum atomic E-state index is 10.8. The highest BCUT2D eigenvalue weighted by Gasteiger charge is 2.38. The summed E-state index contributed by atoms with van der Waals surface area (Å²) in [6, 6.07) is 0.365.